The normalized spacial score (nSPS) is 21.0. The second-order valence-electron chi connectivity index (χ2n) is 4.73. The largest absolute Gasteiger partial charge is 0.493 e. The monoisotopic (exact) mass is 321 g/mol. The summed E-state index contributed by atoms with van der Waals surface area (Å²) in [6.45, 7) is -1.88. The van der Waals surface area contributed by atoms with Gasteiger partial charge in [0.15, 0.2) is 23.0 Å². The molecule has 0 atom stereocenters. The van der Waals surface area contributed by atoms with Crippen molar-refractivity contribution in [1.82, 2.24) is 0 Å². The van der Waals surface area contributed by atoms with Gasteiger partial charge >= 0.3 is 0 Å². The van der Waals surface area contributed by atoms with E-state index in [9.17, 15) is 0 Å². The maximum atomic E-state index is 7.46. The Morgan fingerprint density at radius 2 is 2.13 bits per heavy atom. The lowest BCUT2D eigenvalue weighted by Gasteiger charge is -2.09. The number of para-hydroxylation sites is 1. The summed E-state index contributed by atoms with van der Waals surface area (Å²) in [5, 5.41) is 0. The van der Waals surface area contributed by atoms with Crippen LogP contribution in [0.3, 0.4) is 0 Å². The topological polar surface area (TPSA) is 49.3 Å². The van der Waals surface area contributed by atoms with Gasteiger partial charge < -0.3 is 18.9 Å². The average molecular weight is 321 g/mol. The molecular formula is C18H19NO4. The average Bonchev–Trinajstić information content (AvgIpc) is 2.91. The first-order valence-electron chi connectivity index (χ1n) is 10.8. The third-order valence-corrected chi connectivity index (χ3v) is 3.29. The minimum atomic E-state index is -2.81. The van der Waals surface area contributed by atoms with Crippen molar-refractivity contribution >= 4 is 6.21 Å². The van der Waals surface area contributed by atoms with Crippen molar-refractivity contribution in [3.63, 3.8) is 0 Å². The van der Waals surface area contributed by atoms with E-state index >= 15 is 0 Å². The van der Waals surface area contributed by atoms with Gasteiger partial charge in [0.05, 0.1) is 22.3 Å². The van der Waals surface area contributed by atoms with E-state index in [1.54, 1.807) is 18.2 Å². The maximum absolute atomic E-state index is 7.46. The zero-order valence-electron chi connectivity index (χ0n) is 20.0. The molecule has 1 heterocycles. The molecule has 0 radical (unpaired) electrons. The van der Waals surface area contributed by atoms with Crippen LogP contribution >= 0.6 is 0 Å². The molecule has 2 aromatic rings. The van der Waals surface area contributed by atoms with Gasteiger partial charge in [-0.05, 0) is 36.2 Å². The van der Waals surface area contributed by atoms with Gasteiger partial charge in [0, 0.05) is 18.3 Å². The summed E-state index contributed by atoms with van der Waals surface area (Å²) in [5.41, 5.74) is 1.08. The summed E-state index contributed by atoms with van der Waals surface area (Å²) in [6.07, 6.45) is 1.86. The molecule has 0 unspecified atom stereocenters. The van der Waals surface area contributed by atoms with Crippen molar-refractivity contribution in [2.75, 3.05) is 27.4 Å². The van der Waals surface area contributed by atoms with E-state index in [1.165, 1.54) is 24.4 Å². The molecular weight excluding hydrogens is 294 g/mol. The van der Waals surface area contributed by atoms with Crippen LogP contribution in [0.2, 0.25) is 0 Å². The summed E-state index contributed by atoms with van der Waals surface area (Å²) >= 11 is 0. The zero-order valence-corrected chi connectivity index (χ0v) is 12.0. The fourth-order valence-electron chi connectivity index (χ4n) is 2.16. The molecule has 0 bridgehead atoms. The number of nitrogens with zero attached hydrogens (tertiary/aromatic N) is 1. The molecule has 3 rings (SSSR count). The van der Waals surface area contributed by atoms with E-state index in [0.29, 0.717) is 24.5 Å². The summed E-state index contributed by atoms with van der Waals surface area (Å²) in [6, 6.07) is 9.35. The van der Waals surface area contributed by atoms with Crippen LogP contribution in [0.4, 0.5) is 0 Å². The van der Waals surface area contributed by atoms with Gasteiger partial charge in [-0.2, -0.15) is 0 Å². The highest BCUT2D eigenvalue weighted by Crippen LogP contribution is 2.32. The van der Waals surface area contributed by atoms with Crippen molar-refractivity contribution in [1.29, 1.82) is 0 Å². The predicted molar refractivity (Wildman–Crippen MR) is 88.3 cm³/mol. The van der Waals surface area contributed by atoms with Gasteiger partial charge in [-0.3, -0.25) is 4.99 Å². The molecule has 23 heavy (non-hydrogen) atoms. The first-order valence-corrected chi connectivity index (χ1v) is 6.83. The Balaban J connectivity index is 1.73. The standard InChI is InChI=1S/C18H19NO4/c1-20-16-5-3-4-14(18(16)21-2)11-19-9-8-13-6-7-15-17(10-13)23-12-22-15/h3-7,10-11H,8-9,12H2,1-2H3/i1D3,2D3,12D2. The zero-order chi connectivity index (χ0) is 22.9. The van der Waals surface area contributed by atoms with Crippen LogP contribution in [0.1, 0.15) is 22.1 Å². The van der Waals surface area contributed by atoms with Crippen LogP contribution in [0, 0.1) is 0 Å². The Morgan fingerprint density at radius 1 is 1.22 bits per heavy atom. The highest BCUT2D eigenvalue weighted by molar-refractivity contribution is 5.85. The van der Waals surface area contributed by atoms with Crippen molar-refractivity contribution in [3.8, 4) is 23.0 Å². The van der Waals surface area contributed by atoms with E-state index in [1.807, 2.05) is 0 Å². The molecule has 0 saturated heterocycles. The van der Waals surface area contributed by atoms with E-state index in [4.69, 9.17) is 29.9 Å². The summed E-state index contributed by atoms with van der Waals surface area (Å²) in [5.74, 6) is 0.141. The number of hydrogen-bond donors (Lipinski definition) is 0. The Labute approximate surface area is 146 Å². The molecule has 120 valence electrons. The van der Waals surface area contributed by atoms with E-state index in [-0.39, 0.29) is 17.1 Å². The third kappa shape index (κ3) is 3.39. The second-order valence-corrected chi connectivity index (χ2v) is 4.73. The van der Waals surface area contributed by atoms with Gasteiger partial charge in [-0.15, -0.1) is 0 Å². The van der Waals surface area contributed by atoms with Crippen LogP contribution in [0.25, 0.3) is 0 Å². The van der Waals surface area contributed by atoms with Crippen molar-refractivity contribution < 1.29 is 29.9 Å². The van der Waals surface area contributed by atoms with Gasteiger partial charge in [0.25, 0.3) is 0 Å². The molecule has 0 spiro atoms. The van der Waals surface area contributed by atoms with Gasteiger partial charge in [0.2, 0.25) is 6.75 Å². The molecule has 5 heteroatoms. The molecule has 0 aliphatic carbocycles. The molecule has 0 aromatic heterocycles. The molecule has 1 aliphatic rings. The minimum absolute atomic E-state index is 0.231. The summed E-state index contributed by atoms with van der Waals surface area (Å²) < 4.78 is 78.5. The lowest BCUT2D eigenvalue weighted by molar-refractivity contribution is 0.174. The molecule has 5 nitrogen and oxygen atoms in total. The predicted octanol–water partition coefficient (Wildman–Crippen LogP) is 3.09. The number of rotatable bonds is 6. The van der Waals surface area contributed by atoms with Crippen LogP contribution in [0.5, 0.6) is 23.0 Å². The van der Waals surface area contributed by atoms with Crippen LogP contribution in [-0.4, -0.2) is 33.6 Å². The van der Waals surface area contributed by atoms with Crippen LogP contribution in [0.15, 0.2) is 41.4 Å². The van der Waals surface area contributed by atoms with Gasteiger partial charge in [0.1, 0.15) is 2.74 Å². The number of benzene rings is 2. The fourth-order valence-corrected chi connectivity index (χ4v) is 2.16. The number of hydrogen-bond acceptors (Lipinski definition) is 5. The number of ether oxygens (including phenoxy) is 4. The summed E-state index contributed by atoms with van der Waals surface area (Å²) in [4.78, 5) is 4.26. The molecule has 0 N–H and O–H groups in total. The minimum Gasteiger partial charge on any atom is -0.493 e. The molecule has 0 fully saturated rings. The van der Waals surface area contributed by atoms with Gasteiger partial charge in [-0.1, -0.05) is 12.1 Å². The second kappa shape index (κ2) is 7.05. The Morgan fingerprint density at radius 3 is 3.04 bits per heavy atom. The highest BCUT2D eigenvalue weighted by Gasteiger charge is 2.12. The molecule has 0 amide bonds. The van der Waals surface area contributed by atoms with Crippen molar-refractivity contribution in [3.05, 3.63) is 47.5 Å². The molecule has 2 aromatic carbocycles. The van der Waals surface area contributed by atoms with Crippen molar-refractivity contribution in [2.24, 2.45) is 4.99 Å². The molecule has 0 saturated carbocycles. The smallest absolute Gasteiger partial charge is 0.231 e. The quantitative estimate of drug-likeness (QED) is 0.767. The van der Waals surface area contributed by atoms with Crippen LogP contribution < -0.4 is 18.9 Å². The summed E-state index contributed by atoms with van der Waals surface area (Å²) in [7, 11) is -5.59. The van der Waals surface area contributed by atoms with Crippen molar-refractivity contribution in [2.45, 2.75) is 6.42 Å². The van der Waals surface area contributed by atoms with E-state index < -0.39 is 20.8 Å². The number of methoxy groups -OCH3 is 2. The Kier molecular flexibility index (Phi) is 2.53. The number of aliphatic imine (C=N–C) groups is 1. The lowest BCUT2D eigenvalue weighted by atomic mass is 10.1. The first kappa shape index (κ1) is 8.24. The third-order valence-electron chi connectivity index (χ3n) is 3.29. The lowest BCUT2D eigenvalue weighted by Crippen LogP contribution is -1.96. The Bertz CT molecular complexity index is 972. The first-order chi connectivity index (χ1) is 14.3. The SMILES string of the molecule is [2H]C([2H])([2H])Oc1cccc(C=NCCc2ccc3c(c2)OC([2H])([2H])O3)c1OC([2H])([2H])[2H]. The number of fused-ring (bicyclic) bond motifs is 1. The van der Waals surface area contributed by atoms with Gasteiger partial charge in [-0.25, -0.2) is 0 Å². The Hall–Kier alpha value is -2.69. The van der Waals surface area contributed by atoms with E-state index in [0.717, 1.165) is 5.56 Å². The highest BCUT2D eigenvalue weighted by atomic mass is 16.7. The maximum Gasteiger partial charge on any atom is 0.231 e. The van der Waals surface area contributed by atoms with E-state index in [2.05, 4.69) is 4.99 Å². The van der Waals surface area contributed by atoms with Crippen LogP contribution in [-0.2, 0) is 6.42 Å². The fraction of sp³-hybridized carbons (Fsp3) is 0.278. The molecule has 1 aliphatic heterocycles.